The number of hydrogen-bond acceptors (Lipinski definition) is 3. The third-order valence-electron chi connectivity index (χ3n) is 5.24. The zero-order chi connectivity index (χ0) is 14.8. The van der Waals surface area contributed by atoms with Crippen molar-refractivity contribution in [2.24, 2.45) is 17.1 Å². The Kier molecular flexibility index (Phi) is 4.68. The summed E-state index contributed by atoms with van der Waals surface area (Å²) in [4.78, 5) is 25.9. The lowest BCUT2D eigenvalue weighted by Gasteiger charge is -2.36. The third kappa shape index (κ3) is 2.68. The number of amides is 1. The van der Waals surface area contributed by atoms with Crippen LogP contribution in [-0.2, 0) is 9.59 Å². The second kappa shape index (κ2) is 6.12. The number of likely N-dealkylation sites (tertiary alicyclic amines) is 1. The molecular formula is C15H26N2O3. The standard InChI is InChI=1S/C15H26N2O3/c1-11-12(13(18)19)6-9-17(11)14(20)15(10-16)7-4-2-3-5-8-15/h11-12H,2-10,16H2,1H3,(H,18,19). The van der Waals surface area contributed by atoms with E-state index in [1.165, 1.54) is 12.8 Å². The van der Waals surface area contributed by atoms with Gasteiger partial charge in [-0.2, -0.15) is 0 Å². The molecule has 0 aromatic heterocycles. The highest BCUT2D eigenvalue weighted by atomic mass is 16.4. The maximum absolute atomic E-state index is 12.9. The lowest BCUT2D eigenvalue weighted by atomic mass is 9.78. The van der Waals surface area contributed by atoms with Gasteiger partial charge in [0.05, 0.1) is 11.3 Å². The zero-order valence-electron chi connectivity index (χ0n) is 12.3. The Labute approximate surface area is 120 Å². The number of nitrogens with two attached hydrogens (primary N) is 1. The Hall–Kier alpha value is -1.10. The van der Waals surface area contributed by atoms with Gasteiger partial charge >= 0.3 is 5.97 Å². The number of rotatable bonds is 3. The lowest BCUT2D eigenvalue weighted by Crippen LogP contribution is -2.50. The van der Waals surface area contributed by atoms with Crippen LogP contribution in [0.5, 0.6) is 0 Å². The van der Waals surface area contributed by atoms with E-state index in [9.17, 15) is 14.7 Å². The summed E-state index contributed by atoms with van der Waals surface area (Å²) in [5.74, 6) is -1.13. The third-order valence-corrected chi connectivity index (χ3v) is 5.24. The highest BCUT2D eigenvalue weighted by Gasteiger charge is 2.46. The molecule has 3 N–H and O–H groups in total. The van der Waals surface area contributed by atoms with Crippen molar-refractivity contribution in [2.75, 3.05) is 13.1 Å². The maximum atomic E-state index is 12.9. The van der Waals surface area contributed by atoms with Gasteiger partial charge in [-0.1, -0.05) is 25.7 Å². The van der Waals surface area contributed by atoms with Gasteiger partial charge in [0.2, 0.25) is 5.91 Å². The number of carboxylic acid groups (broad SMARTS) is 1. The molecule has 5 heteroatoms. The smallest absolute Gasteiger partial charge is 0.308 e. The minimum absolute atomic E-state index is 0.0955. The molecule has 1 heterocycles. The summed E-state index contributed by atoms with van der Waals surface area (Å²) in [6.45, 7) is 2.79. The molecule has 20 heavy (non-hydrogen) atoms. The van der Waals surface area contributed by atoms with Crippen molar-refractivity contribution in [3.8, 4) is 0 Å². The molecule has 0 aromatic rings. The summed E-state index contributed by atoms with van der Waals surface area (Å²) in [6, 6.07) is -0.216. The number of carbonyl (C=O) groups is 2. The minimum atomic E-state index is -0.796. The van der Waals surface area contributed by atoms with Crippen molar-refractivity contribution in [1.82, 2.24) is 4.90 Å². The van der Waals surface area contributed by atoms with Crippen LogP contribution in [0.15, 0.2) is 0 Å². The van der Waals surface area contributed by atoms with E-state index in [-0.39, 0.29) is 11.9 Å². The number of aliphatic carboxylic acids is 1. The molecule has 1 aliphatic heterocycles. The molecule has 0 spiro atoms. The Balaban J connectivity index is 2.14. The van der Waals surface area contributed by atoms with Gasteiger partial charge in [-0.05, 0) is 26.2 Å². The van der Waals surface area contributed by atoms with Gasteiger partial charge in [0.25, 0.3) is 0 Å². The van der Waals surface area contributed by atoms with Gasteiger partial charge in [0.1, 0.15) is 0 Å². The fourth-order valence-corrected chi connectivity index (χ4v) is 3.77. The van der Waals surface area contributed by atoms with Crippen LogP contribution >= 0.6 is 0 Å². The first-order chi connectivity index (χ1) is 9.52. The van der Waals surface area contributed by atoms with E-state index in [1.807, 2.05) is 6.92 Å². The molecule has 0 radical (unpaired) electrons. The summed E-state index contributed by atoms with van der Waals surface area (Å²) in [7, 11) is 0. The van der Waals surface area contributed by atoms with E-state index in [2.05, 4.69) is 0 Å². The first-order valence-electron chi connectivity index (χ1n) is 7.76. The average molecular weight is 282 g/mol. The van der Waals surface area contributed by atoms with Crippen LogP contribution < -0.4 is 5.73 Å². The Bertz CT molecular complexity index is 375. The van der Waals surface area contributed by atoms with E-state index in [4.69, 9.17) is 5.73 Å². The second-order valence-corrected chi connectivity index (χ2v) is 6.37. The van der Waals surface area contributed by atoms with E-state index in [1.54, 1.807) is 4.90 Å². The van der Waals surface area contributed by atoms with Gasteiger partial charge < -0.3 is 15.7 Å². The summed E-state index contributed by atoms with van der Waals surface area (Å²) in [5, 5.41) is 9.20. The van der Waals surface area contributed by atoms with Crippen molar-refractivity contribution >= 4 is 11.9 Å². The molecule has 2 aliphatic rings. The Morgan fingerprint density at radius 3 is 2.30 bits per heavy atom. The molecule has 1 saturated carbocycles. The van der Waals surface area contributed by atoms with Crippen LogP contribution in [0.1, 0.15) is 51.9 Å². The SMILES string of the molecule is CC1C(C(=O)O)CCN1C(=O)C1(CN)CCCCCC1. The minimum Gasteiger partial charge on any atom is -0.481 e. The Morgan fingerprint density at radius 2 is 1.85 bits per heavy atom. The number of nitrogens with zero attached hydrogens (tertiary/aromatic N) is 1. The normalized spacial score (nSPS) is 30.0. The zero-order valence-corrected chi connectivity index (χ0v) is 12.3. The van der Waals surface area contributed by atoms with E-state index in [0.29, 0.717) is 19.5 Å². The molecular weight excluding hydrogens is 256 g/mol. The molecule has 2 unspecified atom stereocenters. The van der Waals surface area contributed by atoms with E-state index >= 15 is 0 Å². The molecule has 2 atom stereocenters. The van der Waals surface area contributed by atoms with Crippen LogP contribution in [-0.4, -0.2) is 41.0 Å². The van der Waals surface area contributed by atoms with Crippen molar-refractivity contribution in [3.63, 3.8) is 0 Å². The molecule has 5 nitrogen and oxygen atoms in total. The quantitative estimate of drug-likeness (QED) is 0.770. The van der Waals surface area contributed by atoms with Crippen molar-refractivity contribution < 1.29 is 14.7 Å². The van der Waals surface area contributed by atoms with Crippen LogP contribution in [0.3, 0.4) is 0 Å². The van der Waals surface area contributed by atoms with E-state index < -0.39 is 17.3 Å². The molecule has 2 rings (SSSR count). The van der Waals surface area contributed by atoms with Crippen molar-refractivity contribution in [2.45, 2.75) is 57.9 Å². The highest BCUT2D eigenvalue weighted by Crippen LogP contribution is 2.38. The van der Waals surface area contributed by atoms with Crippen LogP contribution in [0.4, 0.5) is 0 Å². The highest BCUT2D eigenvalue weighted by molar-refractivity contribution is 5.85. The predicted octanol–water partition coefficient (Wildman–Crippen LogP) is 1.61. The second-order valence-electron chi connectivity index (χ2n) is 6.37. The lowest BCUT2D eigenvalue weighted by molar-refractivity contribution is -0.146. The summed E-state index contributed by atoms with van der Waals surface area (Å²) in [5.41, 5.74) is 5.51. The molecule has 1 amide bonds. The monoisotopic (exact) mass is 282 g/mol. The number of hydrogen-bond donors (Lipinski definition) is 2. The summed E-state index contributed by atoms with van der Waals surface area (Å²) < 4.78 is 0. The number of carboxylic acids is 1. The molecule has 1 saturated heterocycles. The van der Waals surface area contributed by atoms with Gasteiger partial charge in [0.15, 0.2) is 0 Å². The van der Waals surface area contributed by atoms with Crippen LogP contribution in [0, 0.1) is 11.3 Å². The molecule has 2 fully saturated rings. The van der Waals surface area contributed by atoms with Crippen molar-refractivity contribution in [3.05, 3.63) is 0 Å². The Morgan fingerprint density at radius 1 is 1.25 bits per heavy atom. The fourth-order valence-electron chi connectivity index (χ4n) is 3.77. The molecule has 1 aliphatic carbocycles. The molecule has 0 aromatic carbocycles. The first kappa shape index (κ1) is 15.3. The topological polar surface area (TPSA) is 83.6 Å². The summed E-state index contributed by atoms with van der Waals surface area (Å²) in [6.07, 6.45) is 6.70. The number of carbonyl (C=O) groups excluding carboxylic acids is 1. The van der Waals surface area contributed by atoms with Gasteiger partial charge in [-0.15, -0.1) is 0 Å². The van der Waals surface area contributed by atoms with Crippen molar-refractivity contribution in [1.29, 1.82) is 0 Å². The molecule has 0 bridgehead atoms. The van der Waals surface area contributed by atoms with Gasteiger partial charge in [-0.3, -0.25) is 9.59 Å². The largest absolute Gasteiger partial charge is 0.481 e. The van der Waals surface area contributed by atoms with Crippen LogP contribution in [0.25, 0.3) is 0 Å². The fraction of sp³-hybridized carbons (Fsp3) is 0.867. The average Bonchev–Trinajstić information content (AvgIpc) is 2.66. The molecule has 114 valence electrons. The van der Waals surface area contributed by atoms with E-state index in [0.717, 1.165) is 25.7 Å². The van der Waals surface area contributed by atoms with Gasteiger partial charge in [-0.25, -0.2) is 0 Å². The van der Waals surface area contributed by atoms with Crippen LogP contribution in [0.2, 0.25) is 0 Å². The first-order valence-corrected chi connectivity index (χ1v) is 7.76. The van der Waals surface area contributed by atoms with Gasteiger partial charge in [0, 0.05) is 19.1 Å². The maximum Gasteiger partial charge on any atom is 0.308 e. The predicted molar refractivity (Wildman–Crippen MR) is 76.1 cm³/mol. The summed E-state index contributed by atoms with van der Waals surface area (Å²) >= 11 is 0.